The van der Waals surface area contributed by atoms with Gasteiger partial charge in [-0.3, -0.25) is 14.2 Å². The van der Waals surface area contributed by atoms with E-state index in [1.165, 1.54) is 19.3 Å². The van der Waals surface area contributed by atoms with Crippen LogP contribution in [0.3, 0.4) is 0 Å². The lowest BCUT2D eigenvalue weighted by Crippen LogP contribution is -2.37. The van der Waals surface area contributed by atoms with E-state index in [2.05, 4.69) is 80.7 Å². The summed E-state index contributed by atoms with van der Waals surface area (Å²) in [5, 5.41) is 10.1. The van der Waals surface area contributed by atoms with Gasteiger partial charge >= 0.3 is 11.9 Å². The first-order valence-corrected chi connectivity index (χ1v) is 22.5. The van der Waals surface area contributed by atoms with Gasteiger partial charge in [0.1, 0.15) is 19.8 Å². The van der Waals surface area contributed by atoms with Crippen molar-refractivity contribution in [2.45, 2.75) is 135 Å². The second-order valence-electron chi connectivity index (χ2n) is 14.8. The number of unbranched alkanes of at least 4 members (excludes halogenated alkanes) is 6. The molecule has 10 nitrogen and oxygen atoms in total. The van der Waals surface area contributed by atoms with Gasteiger partial charge < -0.3 is 33.0 Å². The van der Waals surface area contributed by atoms with Crippen LogP contribution in [0.4, 0.5) is 0 Å². The molecule has 0 aromatic rings. The number of quaternary nitrogens is 1. The second kappa shape index (κ2) is 37.2. The summed E-state index contributed by atoms with van der Waals surface area (Å²) in [6, 6.07) is 0. The van der Waals surface area contributed by atoms with Gasteiger partial charge in [0.2, 0.25) is 0 Å². The minimum Gasteiger partial charge on any atom is -0.756 e. The summed E-state index contributed by atoms with van der Waals surface area (Å²) >= 11 is 0. The van der Waals surface area contributed by atoms with Crippen molar-refractivity contribution in [3.05, 3.63) is 97.2 Å². The number of phosphoric ester groups is 1. The molecule has 0 rings (SSSR count). The smallest absolute Gasteiger partial charge is 0.306 e. The summed E-state index contributed by atoms with van der Waals surface area (Å²) in [4.78, 5) is 37.5. The van der Waals surface area contributed by atoms with Gasteiger partial charge in [-0.25, -0.2) is 0 Å². The van der Waals surface area contributed by atoms with Crippen molar-refractivity contribution in [1.29, 1.82) is 0 Å². The van der Waals surface area contributed by atoms with Crippen LogP contribution in [0.25, 0.3) is 0 Å². The van der Waals surface area contributed by atoms with Crippen LogP contribution in [0.2, 0.25) is 0 Å². The molecule has 0 radical (unpaired) electrons. The van der Waals surface area contributed by atoms with E-state index in [-0.39, 0.29) is 26.1 Å². The standard InChI is InChI=1S/C46H76NO9P/c1-6-8-10-12-14-16-17-18-19-20-21-23-25-29-34-38-46(50)56-44(42-55-57(51,52)54-40-39-47(3,4)5)41-53-45(49)37-33-30-26-28-32-36-43(48)35-31-27-24-22-15-13-11-9-7-2/h8,10,14-16,18-19,21-23,26-28,31-32,36,43-44,48H,6-7,9,11-13,17,20,24-25,29-30,33-35,37-42H2,1-5H3/b10-8-,16-14-,19-18-,22-15-,23-21-,28-26+,31-27-,36-32-/t43?,44-/m1/s1. The number of hydrogen-bond donors (Lipinski definition) is 1. The first kappa shape index (κ1) is 53.9. The number of esters is 2. The molecule has 0 aliphatic rings. The molecule has 0 fully saturated rings. The average molecular weight is 818 g/mol. The second-order valence-corrected chi connectivity index (χ2v) is 16.2. The SMILES string of the molecule is CC/C=C\C/C=C\C/C=C\C/C=C\CCCCC(=O)O[C@H](COC(=O)CCC/C=C/C=C\C(O)C/C=C\C/C=C\CCCCC)COP(=O)([O-])OCC[N+](C)(C)C. The van der Waals surface area contributed by atoms with Crippen LogP contribution in [-0.4, -0.2) is 81.2 Å². The van der Waals surface area contributed by atoms with Crippen LogP contribution in [-0.2, 0) is 32.7 Å². The normalized spacial score (nSPS) is 15.1. The van der Waals surface area contributed by atoms with Crippen molar-refractivity contribution in [3.8, 4) is 0 Å². The van der Waals surface area contributed by atoms with E-state index < -0.39 is 38.6 Å². The first-order chi connectivity index (χ1) is 27.4. The molecule has 0 saturated heterocycles. The van der Waals surface area contributed by atoms with Gasteiger partial charge in [0.05, 0.1) is 33.9 Å². The minimum atomic E-state index is -4.67. The zero-order valence-corrected chi connectivity index (χ0v) is 36.7. The third-order valence-corrected chi connectivity index (χ3v) is 9.13. The van der Waals surface area contributed by atoms with E-state index in [1.807, 2.05) is 39.4 Å². The van der Waals surface area contributed by atoms with Crippen molar-refractivity contribution in [2.75, 3.05) is 47.5 Å². The lowest BCUT2D eigenvalue weighted by atomic mass is 10.2. The predicted molar refractivity (Wildman–Crippen MR) is 232 cm³/mol. The van der Waals surface area contributed by atoms with Crippen LogP contribution in [0.15, 0.2) is 97.2 Å². The molecule has 57 heavy (non-hydrogen) atoms. The molecule has 1 N–H and O–H groups in total. The fraction of sp³-hybridized carbons (Fsp3) is 0.609. The number of nitrogens with zero attached hydrogens (tertiary/aromatic N) is 1. The molecular weight excluding hydrogens is 741 g/mol. The molecule has 2 unspecified atom stereocenters. The maximum absolute atomic E-state index is 12.6. The van der Waals surface area contributed by atoms with E-state index in [4.69, 9.17) is 18.5 Å². The third kappa shape index (κ3) is 40.9. The van der Waals surface area contributed by atoms with E-state index in [1.54, 1.807) is 12.2 Å². The lowest BCUT2D eigenvalue weighted by Gasteiger charge is -2.28. The Morgan fingerprint density at radius 1 is 0.667 bits per heavy atom. The van der Waals surface area contributed by atoms with Crippen LogP contribution >= 0.6 is 7.82 Å². The summed E-state index contributed by atoms with van der Waals surface area (Å²) in [5.74, 6) is -1.03. The van der Waals surface area contributed by atoms with E-state index >= 15 is 0 Å². The number of hydrogen-bond acceptors (Lipinski definition) is 9. The molecule has 0 heterocycles. The van der Waals surface area contributed by atoms with Crippen molar-refractivity contribution in [3.63, 3.8) is 0 Å². The minimum absolute atomic E-state index is 0.0669. The Labute approximate surface area is 346 Å². The van der Waals surface area contributed by atoms with Crippen molar-refractivity contribution < 1.29 is 47.2 Å². The van der Waals surface area contributed by atoms with Gasteiger partial charge in [-0.1, -0.05) is 124 Å². The Morgan fingerprint density at radius 3 is 1.84 bits per heavy atom. The molecule has 11 heteroatoms. The Morgan fingerprint density at radius 2 is 1.23 bits per heavy atom. The number of carbonyl (C=O) groups is 2. The summed E-state index contributed by atoms with van der Waals surface area (Å²) in [7, 11) is 1.04. The molecule has 0 amide bonds. The van der Waals surface area contributed by atoms with Crippen LogP contribution < -0.4 is 4.89 Å². The molecule has 0 bridgehead atoms. The monoisotopic (exact) mass is 818 g/mol. The number of carbonyl (C=O) groups excluding carboxylic acids is 2. The highest BCUT2D eigenvalue weighted by Crippen LogP contribution is 2.38. The zero-order chi connectivity index (χ0) is 42.3. The molecular formula is C46H76NO9P. The third-order valence-electron chi connectivity index (χ3n) is 8.17. The number of phosphoric acid groups is 1. The molecule has 0 aromatic carbocycles. The predicted octanol–water partition coefficient (Wildman–Crippen LogP) is 10.1. The summed E-state index contributed by atoms with van der Waals surface area (Å²) in [5.41, 5.74) is 0. The maximum atomic E-state index is 12.6. The fourth-order valence-corrected chi connectivity index (χ4v) is 5.56. The van der Waals surface area contributed by atoms with Crippen molar-refractivity contribution in [1.82, 2.24) is 0 Å². The Balaban J connectivity index is 4.66. The summed E-state index contributed by atoms with van der Waals surface area (Å²) in [6.07, 6.45) is 44.7. The Bertz CT molecular complexity index is 1310. The number of aliphatic hydroxyl groups is 1. The molecule has 0 spiro atoms. The molecule has 324 valence electrons. The lowest BCUT2D eigenvalue weighted by molar-refractivity contribution is -0.870. The zero-order valence-electron chi connectivity index (χ0n) is 35.8. The number of rotatable bonds is 36. The average Bonchev–Trinajstić information content (AvgIpc) is 3.15. The first-order valence-electron chi connectivity index (χ1n) is 21.1. The Kier molecular flexibility index (Phi) is 35.2. The van der Waals surface area contributed by atoms with Gasteiger partial charge in [0.25, 0.3) is 7.82 Å². The highest BCUT2D eigenvalue weighted by molar-refractivity contribution is 7.45. The van der Waals surface area contributed by atoms with E-state index in [0.29, 0.717) is 36.7 Å². The maximum Gasteiger partial charge on any atom is 0.306 e. The van der Waals surface area contributed by atoms with Gasteiger partial charge in [-0.2, -0.15) is 0 Å². The Hall–Kier alpha value is -3.11. The number of ether oxygens (including phenoxy) is 2. The van der Waals surface area contributed by atoms with Crippen LogP contribution in [0, 0.1) is 0 Å². The van der Waals surface area contributed by atoms with Gasteiger partial charge in [-0.05, 0) is 83.5 Å². The number of aliphatic hydroxyl groups excluding tert-OH is 1. The summed E-state index contributed by atoms with van der Waals surface area (Å²) in [6.45, 7) is 3.82. The highest BCUT2D eigenvalue weighted by Gasteiger charge is 2.21. The molecule has 0 aromatic heterocycles. The van der Waals surface area contributed by atoms with E-state index in [0.717, 1.165) is 51.4 Å². The molecule has 0 aliphatic heterocycles. The van der Waals surface area contributed by atoms with Crippen molar-refractivity contribution >= 4 is 19.8 Å². The topological polar surface area (TPSA) is 131 Å². The highest BCUT2D eigenvalue weighted by atomic mass is 31.2. The largest absolute Gasteiger partial charge is 0.756 e. The fourth-order valence-electron chi connectivity index (χ4n) is 4.83. The molecule has 3 atom stereocenters. The van der Waals surface area contributed by atoms with Gasteiger partial charge in [0, 0.05) is 12.8 Å². The van der Waals surface area contributed by atoms with Crippen molar-refractivity contribution in [2.24, 2.45) is 0 Å². The summed E-state index contributed by atoms with van der Waals surface area (Å²) < 4.78 is 33.7. The van der Waals surface area contributed by atoms with E-state index in [9.17, 15) is 24.2 Å². The number of allylic oxidation sites excluding steroid dienone is 14. The van der Waals surface area contributed by atoms with Gasteiger partial charge in [-0.15, -0.1) is 0 Å². The molecule has 0 aliphatic carbocycles. The van der Waals surface area contributed by atoms with Crippen LogP contribution in [0.5, 0.6) is 0 Å². The number of likely N-dealkylation sites (N-methyl/N-ethyl adjacent to an activating group) is 1. The van der Waals surface area contributed by atoms with Gasteiger partial charge in [0.15, 0.2) is 6.10 Å². The quantitative estimate of drug-likeness (QED) is 0.0164. The van der Waals surface area contributed by atoms with Crippen LogP contribution in [0.1, 0.15) is 123 Å². The molecule has 0 saturated carbocycles.